The second-order valence-electron chi connectivity index (χ2n) is 4.46. The lowest BCUT2D eigenvalue weighted by atomic mass is 10.0. The van der Waals surface area contributed by atoms with Crippen LogP contribution in [-0.4, -0.2) is 18.5 Å². The van der Waals surface area contributed by atoms with Crippen LogP contribution in [0.25, 0.3) is 0 Å². The summed E-state index contributed by atoms with van der Waals surface area (Å²) in [7, 11) is 0. The molecule has 1 saturated heterocycles. The van der Waals surface area contributed by atoms with Crippen LogP contribution in [0.15, 0.2) is 18.2 Å². The predicted molar refractivity (Wildman–Crippen MR) is 65.4 cm³/mol. The summed E-state index contributed by atoms with van der Waals surface area (Å²) in [5, 5.41) is 5.90. The largest absolute Gasteiger partial charge is 0.325 e. The lowest BCUT2D eigenvalue weighted by molar-refractivity contribution is -0.118. The van der Waals surface area contributed by atoms with E-state index in [2.05, 4.69) is 10.6 Å². The molecule has 1 atom stereocenters. The van der Waals surface area contributed by atoms with Gasteiger partial charge in [-0.3, -0.25) is 4.79 Å². The number of aryl methyl sites for hydroxylation is 1. The van der Waals surface area contributed by atoms with Crippen LogP contribution in [-0.2, 0) is 4.79 Å². The molecular weight excluding hydrogens is 219 g/mol. The number of rotatable bonds is 2. The minimum Gasteiger partial charge on any atom is -0.325 e. The molecule has 0 bridgehead atoms. The Bertz CT molecular complexity index is 414. The number of halogens is 1. The summed E-state index contributed by atoms with van der Waals surface area (Å²) in [6.07, 6.45) is 3.02. The lowest BCUT2D eigenvalue weighted by Gasteiger charge is -2.22. The van der Waals surface area contributed by atoms with Crippen molar-refractivity contribution < 1.29 is 9.18 Å². The van der Waals surface area contributed by atoms with Crippen molar-refractivity contribution in [1.29, 1.82) is 0 Å². The summed E-state index contributed by atoms with van der Waals surface area (Å²) < 4.78 is 13.3. The molecule has 1 aliphatic rings. The first-order chi connectivity index (χ1) is 8.16. The second-order valence-corrected chi connectivity index (χ2v) is 4.46. The van der Waals surface area contributed by atoms with E-state index in [-0.39, 0.29) is 17.8 Å². The Morgan fingerprint density at radius 1 is 1.47 bits per heavy atom. The zero-order valence-corrected chi connectivity index (χ0v) is 9.92. The van der Waals surface area contributed by atoms with Gasteiger partial charge in [0.15, 0.2) is 0 Å². The molecular formula is C13H17FN2O. The molecule has 0 spiro atoms. The monoisotopic (exact) mass is 236 g/mol. The molecule has 1 fully saturated rings. The van der Waals surface area contributed by atoms with Crippen molar-refractivity contribution in [3.05, 3.63) is 29.6 Å². The van der Waals surface area contributed by atoms with Gasteiger partial charge in [0.2, 0.25) is 5.91 Å². The fourth-order valence-electron chi connectivity index (χ4n) is 1.98. The van der Waals surface area contributed by atoms with E-state index >= 15 is 0 Å². The number of carbonyl (C=O) groups excluding carboxylic acids is 1. The summed E-state index contributed by atoms with van der Waals surface area (Å²) in [5.41, 5.74) is 1.10. The van der Waals surface area contributed by atoms with E-state index in [9.17, 15) is 9.18 Å². The molecule has 3 nitrogen and oxygen atoms in total. The lowest BCUT2D eigenvalue weighted by Crippen LogP contribution is -2.43. The third kappa shape index (κ3) is 3.03. The predicted octanol–water partition coefficient (Wildman–Crippen LogP) is 2.21. The molecule has 92 valence electrons. The SMILES string of the molecule is Cc1ccc(NC(=O)[C@@H]2CCCCN2)cc1F. The average molecular weight is 236 g/mol. The van der Waals surface area contributed by atoms with Crippen LogP contribution in [0.2, 0.25) is 0 Å². The van der Waals surface area contributed by atoms with E-state index in [4.69, 9.17) is 0 Å². The van der Waals surface area contributed by atoms with Crippen LogP contribution < -0.4 is 10.6 Å². The van der Waals surface area contributed by atoms with Gasteiger partial charge in [0.05, 0.1) is 6.04 Å². The zero-order chi connectivity index (χ0) is 12.3. The van der Waals surface area contributed by atoms with E-state index < -0.39 is 0 Å². The highest BCUT2D eigenvalue weighted by atomic mass is 19.1. The molecule has 2 rings (SSSR count). The van der Waals surface area contributed by atoms with E-state index in [1.165, 1.54) is 6.07 Å². The summed E-state index contributed by atoms with van der Waals surface area (Å²) >= 11 is 0. The van der Waals surface area contributed by atoms with Crippen molar-refractivity contribution in [2.75, 3.05) is 11.9 Å². The fourth-order valence-corrected chi connectivity index (χ4v) is 1.98. The van der Waals surface area contributed by atoms with Crippen LogP contribution in [0.4, 0.5) is 10.1 Å². The molecule has 4 heteroatoms. The quantitative estimate of drug-likeness (QED) is 0.826. The first-order valence-corrected chi connectivity index (χ1v) is 5.97. The molecule has 0 radical (unpaired) electrons. The Hall–Kier alpha value is -1.42. The number of amides is 1. The minimum absolute atomic E-state index is 0.0760. The Kier molecular flexibility index (Phi) is 3.74. The van der Waals surface area contributed by atoms with Crippen LogP contribution in [0.3, 0.4) is 0 Å². The number of anilines is 1. The van der Waals surface area contributed by atoms with Gasteiger partial charge in [-0.2, -0.15) is 0 Å². The highest BCUT2D eigenvalue weighted by Gasteiger charge is 2.20. The number of carbonyl (C=O) groups is 1. The Morgan fingerprint density at radius 2 is 2.29 bits per heavy atom. The van der Waals surface area contributed by atoms with Gasteiger partial charge in [-0.1, -0.05) is 12.5 Å². The van der Waals surface area contributed by atoms with Gasteiger partial charge in [0.1, 0.15) is 5.82 Å². The maximum atomic E-state index is 13.3. The van der Waals surface area contributed by atoms with Crippen molar-refractivity contribution in [2.24, 2.45) is 0 Å². The number of hydrogen-bond acceptors (Lipinski definition) is 2. The topological polar surface area (TPSA) is 41.1 Å². The minimum atomic E-state index is -0.292. The molecule has 1 amide bonds. The molecule has 0 aliphatic carbocycles. The Morgan fingerprint density at radius 3 is 2.94 bits per heavy atom. The van der Waals surface area contributed by atoms with Gasteiger partial charge in [0, 0.05) is 5.69 Å². The standard InChI is InChI=1S/C13H17FN2O/c1-9-5-6-10(8-11(9)14)16-13(17)12-4-2-3-7-15-12/h5-6,8,12,15H,2-4,7H2,1H3,(H,16,17)/t12-/m0/s1. The Labute approximate surface area is 100 Å². The number of nitrogens with one attached hydrogen (secondary N) is 2. The van der Waals surface area contributed by atoms with Gasteiger partial charge in [-0.05, 0) is 44.0 Å². The molecule has 0 unspecified atom stereocenters. The number of hydrogen-bond donors (Lipinski definition) is 2. The first-order valence-electron chi connectivity index (χ1n) is 5.97. The van der Waals surface area contributed by atoms with Crippen molar-refractivity contribution in [3.8, 4) is 0 Å². The van der Waals surface area contributed by atoms with E-state index in [1.54, 1.807) is 19.1 Å². The molecule has 1 heterocycles. The molecule has 0 aromatic heterocycles. The smallest absolute Gasteiger partial charge is 0.241 e. The maximum Gasteiger partial charge on any atom is 0.241 e. The van der Waals surface area contributed by atoms with Crippen LogP contribution >= 0.6 is 0 Å². The zero-order valence-electron chi connectivity index (χ0n) is 9.92. The van der Waals surface area contributed by atoms with Gasteiger partial charge in [-0.25, -0.2) is 4.39 Å². The number of piperidine rings is 1. The molecule has 1 aromatic rings. The first kappa shape index (κ1) is 12.0. The summed E-state index contributed by atoms with van der Waals surface area (Å²) in [6.45, 7) is 2.57. The normalized spacial score (nSPS) is 20.0. The fraction of sp³-hybridized carbons (Fsp3) is 0.462. The molecule has 2 N–H and O–H groups in total. The van der Waals surface area contributed by atoms with Crippen molar-refractivity contribution in [1.82, 2.24) is 5.32 Å². The van der Waals surface area contributed by atoms with Crippen molar-refractivity contribution in [2.45, 2.75) is 32.2 Å². The van der Waals surface area contributed by atoms with E-state index in [0.717, 1.165) is 25.8 Å². The highest BCUT2D eigenvalue weighted by molar-refractivity contribution is 5.94. The molecule has 1 aliphatic heterocycles. The highest BCUT2D eigenvalue weighted by Crippen LogP contribution is 2.15. The van der Waals surface area contributed by atoms with Crippen molar-refractivity contribution in [3.63, 3.8) is 0 Å². The molecule has 1 aromatic carbocycles. The van der Waals surface area contributed by atoms with Crippen LogP contribution in [0.5, 0.6) is 0 Å². The summed E-state index contributed by atoms with van der Waals surface area (Å²) in [6, 6.07) is 4.60. The van der Waals surface area contributed by atoms with E-state index in [1.807, 2.05) is 0 Å². The Balaban J connectivity index is 1.99. The molecule has 0 saturated carbocycles. The van der Waals surface area contributed by atoms with Gasteiger partial charge in [0.25, 0.3) is 0 Å². The van der Waals surface area contributed by atoms with Crippen molar-refractivity contribution >= 4 is 11.6 Å². The van der Waals surface area contributed by atoms with Gasteiger partial charge < -0.3 is 10.6 Å². The third-order valence-corrected chi connectivity index (χ3v) is 3.07. The van der Waals surface area contributed by atoms with E-state index in [0.29, 0.717) is 11.3 Å². The summed E-state index contributed by atoms with van der Waals surface area (Å²) in [5.74, 6) is -0.368. The van der Waals surface area contributed by atoms with Crippen LogP contribution in [0.1, 0.15) is 24.8 Å². The van der Waals surface area contributed by atoms with Gasteiger partial charge >= 0.3 is 0 Å². The second kappa shape index (κ2) is 5.27. The average Bonchev–Trinajstić information content (AvgIpc) is 2.35. The van der Waals surface area contributed by atoms with Crippen LogP contribution in [0, 0.1) is 12.7 Å². The molecule has 17 heavy (non-hydrogen) atoms. The third-order valence-electron chi connectivity index (χ3n) is 3.07. The summed E-state index contributed by atoms with van der Waals surface area (Å²) in [4.78, 5) is 11.9. The van der Waals surface area contributed by atoms with Gasteiger partial charge in [-0.15, -0.1) is 0 Å². The number of benzene rings is 1. The maximum absolute atomic E-state index is 13.3.